The third kappa shape index (κ3) is 2.71. The molecule has 0 saturated carbocycles. The normalized spacial score (nSPS) is 11.0. The van der Waals surface area contributed by atoms with Crippen LogP contribution in [0.5, 0.6) is 0 Å². The Bertz CT molecular complexity index is 732. The van der Waals surface area contributed by atoms with Crippen molar-refractivity contribution < 1.29 is 0 Å². The summed E-state index contributed by atoms with van der Waals surface area (Å²) >= 11 is 0. The maximum absolute atomic E-state index is 5.31. The van der Waals surface area contributed by atoms with E-state index in [2.05, 4.69) is 33.0 Å². The largest absolute Gasteiger partial charge is 0.322 e. The molecule has 0 aliphatic rings. The van der Waals surface area contributed by atoms with E-state index in [9.17, 15) is 0 Å². The van der Waals surface area contributed by atoms with Crippen molar-refractivity contribution in [2.24, 2.45) is 5.84 Å². The molecule has 0 radical (unpaired) electrons. The summed E-state index contributed by atoms with van der Waals surface area (Å²) in [7, 11) is 0. The molecule has 21 heavy (non-hydrogen) atoms. The van der Waals surface area contributed by atoms with E-state index in [1.54, 1.807) is 12.4 Å². The van der Waals surface area contributed by atoms with Crippen LogP contribution in [0.3, 0.4) is 0 Å². The molecule has 0 aliphatic heterocycles. The first kappa shape index (κ1) is 13.5. The molecule has 0 atom stereocenters. The molecule has 3 rings (SSSR count). The number of para-hydroxylation sites is 2. The van der Waals surface area contributed by atoms with E-state index in [1.807, 2.05) is 18.2 Å². The molecule has 6 nitrogen and oxygen atoms in total. The van der Waals surface area contributed by atoms with Crippen molar-refractivity contribution in [2.45, 2.75) is 26.3 Å². The highest BCUT2D eigenvalue weighted by Crippen LogP contribution is 2.18. The lowest BCUT2D eigenvalue weighted by atomic mass is 10.3. The minimum atomic E-state index is 0.558. The lowest BCUT2D eigenvalue weighted by molar-refractivity contribution is 0.707. The van der Waals surface area contributed by atoms with Crippen LogP contribution in [0.2, 0.25) is 0 Å². The minimum absolute atomic E-state index is 0.558. The number of hydrazine groups is 1. The van der Waals surface area contributed by atoms with Crippen LogP contribution in [-0.4, -0.2) is 19.5 Å². The second kappa shape index (κ2) is 5.88. The number of aromatic nitrogens is 4. The van der Waals surface area contributed by atoms with Crippen LogP contribution in [0.4, 0.5) is 5.82 Å². The molecule has 108 valence electrons. The molecule has 2 aromatic heterocycles. The summed E-state index contributed by atoms with van der Waals surface area (Å²) in [5.74, 6) is 6.95. The first-order valence-corrected chi connectivity index (χ1v) is 7.03. The molecule has 0 aliphatic carbocycles. The van der Waals surface area contributed by atoms with Crippen molar-refractivity contribution in [1.82, 2.24) is 19.5 Å². The SMILES string of the molecule is CCCc1nc2ccccc2n1Cc1cnc(NN)cn1. The van der Waals surface area contributed by atoms with Crippen molar-refractivity contribution in [1.29, 1.82) is 0 Å². The van der Waals surface area contributed by atoms with Crippen LogP contribution in [0.25, 0.3) is 11.0 Å². The van der Waals surface area contributed by atoms with Crippen LogP contribution in [-0.2, 0) is 13.0 Å². The Hall–Kier alpha value is -2.47. The van der Waals surface area contributed by atoms with E-state index in [0.29, 0.717) is 12.4 Å². The van der Waals surface area contributed by atoms with Gasteiger partial charge in [0.15, 0.2) is 5.82 Å². The number of fused-ring (bicyclic) bond motifs is 1. The quantitative estimate of drug-likeness (QED) is 0.553. The molecule has 6 heteroatoms. The summed E-state index contributed by atoms with van der Waals surface area (Å²) in [4.78, 5) is 13.3. The summed E-state index contributed by atoms with van der Waals surface area (Å²) in [6.07, 6.45) is 5.38. The van der Waals surface area contributed by atoms with E-state index in [4.69, 9.17) is 10.8 Å². The third-order valence-electron chi connectivity index (χ3n) is 3.38. The van der Waals surface area contributed by atoms with Gasteiger partial charge in [-0.1, -0.05) is 19.1 Å². The summed E-state index contributed by atoms with van der Waals surface area (Å²) in [5, 5.41) is 0. The summed E-state index contributed by atoms with van der Waals surface area (Å²) in [5.41, 5.74) is 5.52. The number of imidazole rings is 1. The smallest absolute Gasteiger partial charge is 0.158 e. The molecule has 0 spiro atoms. The number of hydrogen-bond donors (Lipinski definition) is 2. The number of benzene rings is 1. The number of anilines is 1. The lowest BCUT2D eigenvalue weighted by Crippen LogP contribution is -2.11. The van der Waals surface area contributed by atoms with Gasteiger partial charge in [-0.15, -0.1) is 0 Å². The Balaban J connectivity index is 1.99. The van der Waals surface area contributed by atoms with Crippen molar-refractivity contribution in [3.05, 3.63) is 48.2 Å². The van der Waals surface area contributed by atoms with E-state index >= 15 is 0 Å². The Kier molecular flexibility index (Phi) is 3.79. The fraction of sp³-hybridized carbons (Fsp3) is 0.267. The number of nitrogens with one attached hydrogen (secondary N) is 1. The van der Waals surface area contributed by atoms with Gasteiger partial charge in [0.25, 0.3) is 0 Å². The Morgan fingerprint density at radius 2 is 2.05 bits per heavy atom. The summed E-state index contributed by atoms with van der Waals surface area (Å²) < 4.78 is 2.21. The molecule has 0 saturated heterocycles. The maximum atomic E-state index is 5.31. The second-order valence-corrected chi connectivity index (χ2v) is 4.89. The van der Waals surface area contributed by atoms with Gasteiger partial charge in [-0.3, -0.25) is 4.98 Å². The van der Waals surface area contributed by atoms with Gasteiger partial charge in [-0.2, -0.15) is 0 Å². The van der Waals surface area contributed by atoms with Crippen molar-refractivity contribution >= 4 is 16.9 Å². The molecule has 1 aromatic carbocycles. The Morgan fingerprint density at radius 3 is 2.76 bits per heavy atom. The molecule has 3 N–H and O–H groups in total. The van der Waals surface area contributed by atoms with Crippen molar-refractivity contribution in [3.8, 4) is 0 Å². The predicted octanol–water partition coefficient (Wildman–Crippen LogP) is 2.11. The molecular formula is C15H18N6. The third-order valence-corrected chi connectivity index (χ3v) is 3.38. The average molecular weight is 282 g/mol. The minimum Gasteiger partial charge on any atom is -0.322 e. The number of aryl methyl sites for hydroxylation is 1. The summed E-state index contributed by atoms with van der Waals surface area (Å²) in [6.45, 7) is 2.82. The van der Waals surface area contributed by atoms with E-state index in [-0.39, 0.29) is 0 Å². The fourth-order valence-electron chi connectivity index (χ4n) is 2.39. The highest BCUT2D eigenvalue weighted by Gasteiger charge is 2.10. The van der Waals surface area contributed by atoms with Crippen LogP contribution in [0, 0.1) is 0 Å². The molecule has 0 bridgehead atoms. The number of nitrogens with two attached hydrogens (primary N) is 1. The van der Waals surface area contributed by atoms with Gasteiger partial charge in [0.05, 0.1) is 35.7 Å². The second-order valence-electron chi connectivity index (χ2n) is 4.89. The molecule has 3 aromatic rings. The average Bonchev–Trinajstić information content (AvgIpc) is 2.86. The van der Waals surface area contributed by atoms with Crippen LogP contribution < -0.4 is 11.3 Å². The van der Waals surface area contributed by atoms with Gasteiger partial charge >= 0.3 is 0 Å². The van der Waals surface area contributed by atoms with Crippen LogP contribution in [0.1, 0.15) is 24.9 Å². The van der Waals surface area contributed by atoms with Gasteiger partial charge in [-0.25, -0.2) is 15.8 Å². The zero-order valence-corrected chi connectivity index (χ0v) is 12.0. The van der Waals surface area contributed by atoms with E-state index < -0.39 is 0 Å². The van der Waals surface area contributed by atoms with Crippen LogP contribution >= 0.6 is 0 Å². The standard InChI is InChI=1S/C15H18N6/c1-2-5-15-19-12-6-3-4-7-13(12)21(15)10-11-8-18-14(20-16)9-17-11/h3-4,6-9H,2,5,10,16H2,1H3,(H,18,20). The van der Waals surface area contributed by atoms with E-state index in [0.717, 1.165) is 35.4 Å². The number of rotatable bonds is 5. The lowest BCUT2D eigenvalue weighted by Gasteiger charge is -2.08. The van der Waals surface area contributed by atoms with Crippen LogP contribution in [0.15, 0.2) is 36.7 Å². The zero-order valence-electron chi connectivity index (χ0n) is 12.0. The monoisotopic (exact) mass is 282 g/mol. The zero-order chi connectivity index (χ0) is 14.7. The maximum Gasteiger partial charge on any atom is 0.158 e. The summed E-state index contributed by atoms with van der Waals surface area (Å²) in [6, 6.07) is 8.17. The van der Waals surface area contributed by atoms with Gasteiger partial charge in [0.2, 0.25) is 0 Å². The molecular weight excluding hydrogens is 264 g/mol. The highest BCUT2D eigenvalue weighted by molar-refractivity contribution is 5.76. The first-order valence-electron chi connectivity index (χ1n) is 7.03. The van der Waals surface area contributed by atoms with Gasteiger partial charge in [0, 0.05) is 6.42 Å². The van der Waals surface area contributed by atoms with Gasteiger partial charge in [0.1, 0.15) is 5.82 Å². The highest BCUT2D eigenvalue weighted by atomic mass is 15.3. The van der Waals surface area contributed by atoms with Crippen molar-refractivity contribution in [2.75, 3.05) is 5.43 Å². The van der Waals surface area contributed by atoms with E-state index in [1.165, 1.54) is 0 Å². The molecule has 0 amide bonds. The first-order chi connectivity index (χ1) is 10.3. The predicted molar refractivity (Wildman–Crippen MR) is 82.7 cm³/mol. The fourth-order valence-corrected chi connectivity index (χ4v) is 2.39. The number of nitrogens with zero attached hydrogens (tertiary/aromatic N) is 4. The van der Waals surface area contributed by atoms with Crippen molar-refractivity contribution in [3.63, 3.8) is 0 Å². The Labute approximate surface area is 123 Å². The number of hydrogen-bond acceptors (Lipinski definition) is 5. The molecule has 0 fully saturated rings. The Morgan fingerprint density at radius 1 is 1.19 bits per heavy atom. The molecule has 0 unspecified atom stereocenters. The topological polar surface area (TPSA) is 81.7 Å². The number of nitrogen functional groups attached to an aromatic ring is 1. The molecule has 2 heterocycles. The van der Waals surface area contributed by atoms with Gasteiger partial charge in [-0.05, 0) is 18.6 Å². The van der Waals surface area contributed by atoms with Gasteiger partial charge < -0.3 is 9.99 Å².